The van der Waals surface area contributed by atoms with Crippen molar-refractivity contribution in [2.24, 2.45) is 0 Å². The van der Waals surface area contributed by atoms with Gasteiger partial charge in [0.25, 0.3) is 0 Å². The molecule has 0 amide bonds. The predicted molar refractivity (Wildman–Crippen MR) is 103 cm³/mol. The number of carbonyl (C=O) groups excluding carboxylic acids is 1. The van der Waals surface area contributed by atoms with E-state index < -0.39 is 10.5 Å². The molecule has 0 atom stereocenters. The van der Waals surface area contributed by atoms with Crippen LogP contribution in [0.3, 0.4) is 0 Å². The van der Waals surface area contributed by atoms with Crippen molar-refractivity contribution in [3.63, 3.8) is 0 Å². The van der Waals surface area contributed by atoms with Crippen LogP contribution in [-0.2, 0) is 0 Å². The Labute approximate surface area is 161 Å². The molecule has 0 aliphatic carbocycles. The number of piperidine rings is 1. The van der Waals surface area contributed by atoms with Crippen LogP contribution >= 0.6 is 0 Å². The molecule has 2 aromatic rings. The summed E-state index contributed by atoms with van der Waals surface area (Å²) >= 11 is 0. The first-order chi connectivity index (χ1) is 13.3. The van der Waals surface area contributed by atoms with Crippen LogP contribution in [0.25, 0.3) is 0 Å². The SMILES string of the molecule is Cc1cc2c(cc1C)C(=O)CC1(CCN(c3ncnc(N)c3[N+](=O)[O-])CC1)O2. The summed E-state index contributed by atoms with van der Waals surface area (Å²) < 4.78 is 6.31. The molecule has 0 saturated carbocycles. The third-order valence-corrected chi connectivity index (χ3v) is 5.69. The average Bonchev–Trinajstić information content (AvgIpc) is 2.64. The fourth-order valence-corrected chi connectivity index (χ4v) is 3.94. The van der Waals surface area contributed by atoms with Crippen LogP contribution < -0.4 is 15.4 Å². The van der Waals surface area contributed by atoms with E-state index >= 15 is 0 Å². The molecule has 1 aromatic carbocycles. The molecule has 0 bridgehead atoms. The van der Waals surface area contributed by atoms with Crippen molar-refractivity contribution in [3.8, 4) is 5.75 Å². The minimum atomic E-state index is -0.588. The van der Waals surface area contributed by atoms with Crippen LogP contribution in [0.1, 0.15) is 40.7 Å². The second-order valence-electron chi connectivity index (χ2n) is 7.49. The van der Waals surface area contributed by atoms with Gasteiger partial charge in [0.15, 0.2) is 5.78 Å². The summed E-state index contributed by atoms with van der Waals surface area (Å²) in [5.41, 5.74) is 7.58. The highest BCUT2D eigenvalue weighted by Crippen LogP contribution is 2.42. The predicted octanol–water partition coefficient (Wildman–Crippen LogP) is 2.59. The van der Waals surface area contributed by atoms with E-state index in [-0.39, 0.29) is 23.1 Å². The second-order valence-corrected chi connectivity index (χ2v) is 7.49. The summed E-state index contributed by atoms with van der Waals surface area (Å²) in [4.78, 5) is 33.2. The van der Waals surface area contributed by atoms with Crippen LogP contribution in [0.15, 0.2) is 18.5 Å². The van der Waals surface area contributed by atoms with Crippen LogP contribution in [-0.4, -0.2) is 39.4 Å². The van der Waals surface area contributed by atoms with E-state index in [0.717, 1.165) is 11.1 Å². The molecule has 146 valence electrons. The molecule has 9 nitrogen and oxygen atoms in total. The Hall–Kier alpha value is -3.23. The Bertz CT molecular complexity index is 983. The van der Waals surface area contributed by atoms with Crippen molar-refractivity contribution in [1.29, 1.82) is 0 Å². The maximum atomic E-state index is 12.7. The van der Waals surface area contributed by atoms with E-state index in [1.54, 1.807) is 0 Å². The number of aryl methyl sites for hydroxylation is 2. The van der Waals surface area contributed by atoms with Gasteiger partial charge in [0.2, 0.25) is 11.6 Å². The standard InChI is InChI=1S/C19H21N5O4/c1-11-7-13-14(25)9-19(28-15(13)8-12(11)2)3-5-23(6-4-19)18-16(24(26)27)17(20)21-10-22-18/h7-8,10H,3-6,9H2,1-2H3,(H2,20,21,22). The Kier molecular flexibility index (Phi) is 4.17. The number of hydrogen-bond acceptors (Lipinski definition) is 8. The maximum absolute atomic E-state index is 12.7. The lowest BCUT2D eigenvalue weighted by molar-refractivity contribution is -0.383. The molecule has 1 aromatic heterocycles. The first-order valence-corrected chi connectivity index (χ1v) is 9.13. The fraction of sp³-hybridized carbons (Fsp3) is 0.421. The number of nitrogen functional groups attached to an aromatic ring is 1. The van der Waals surface area contributed by atoms with Gasteiger partial charge in [0.05, 0.1) is 16.9 Å². The number of nitrogens with two attached hydrogens (primary N) is 1. The molecule has 2 aliphatic rings. The van der Waals surface area contributed by atoms with E-state index in [1.807, 2.05) is 30.9 Å². The van der Waals surface area contributed by atoms with Gasteiger partial charge >= 0.3 is 5.69 Å². The van der Waals surface area contributed by atoms with Crippen LogP contribution in [0.2, 0.25) is 0 Å². The molecule has 28 heavy (non-hydrogen) atoms. The van der Waals surface area contributed by atoms with Gasteiger partial charge in [-0.05, 0) is 37.1 Å². The quantitative estimate of drug-likeness (QED) is 0.620. The van der Waals surface area contributed by atoms with Gasteiger partial charge in [-0.25, -0.2) is 9.97 Å². The normalized spacial score (nSPS) is 17.9. The average molecular weight is 383 g/mol. The number of ether oxygens (including phenoxy) is 1. The van der Waals surface area contributed by atoms with Gasteiger partial charge in [-0.15, -0.1) is 0 Å². The molecule has 0 unspecified atom stereocenters. The minimum Gasteiger partial charge on any atom is -0.486 e. The summed E-state index contributed by atoms with van der Waals surface area (Å²) in [7, 11) is 0. The molecule has 9 heteroatoms. The van der Waals surface area contributed by atoms with E-state index in [9.17, 15) is 14.9 Å². The Balaban J connectivity index is 1.58. The lowest BCUT2D eigenvalue weighted by Gasteiger charge is -2.44. The molecular weight excluding hydrogens is 362 g/mol. The molecule has 1 saturated heterocycles. The summed E-state index contributed by atoms with van der Waals surface area (Å²) in [5.74, 6) is 0.764. The van der Waals surface area contributed by atoms with E-state index in [0.29, 0.717) is 43.7 Å². The Morgan fingerprint density at radius 1 is 1.21 bits per heavy atom. The fourth-order valence-electron chi connectivity index (χ4n) is 3.94. The zero-order valence-electron chi connectivity index (χ0n) is 15.8. The summed E-state index contributed by atoms with van der Waals surface area (Å²) in [6, 6.07) is 3.81. The van der Waals surface area contributed by atoms with Crippen molar-refractivity contribution in [2.45, 2.75) is 38.7 Å². The Morgan fingerprint density at radius 3 is 2.57 bits per heavy atom. The first kappa shape index (κ1) is 18.1. The molecule has 2 aliphatic heterocycles. The zero-order valence-corrected chi connectivity index (χ0v) is 15.8. The number of ketones is 1. The smallest absolute Gasteiger partial charge is 0.353 e. The molecular formula is C19H21N5O4. The highest BCUT2D eigenvalue weighted by molar-refractivity contribution is 6.00. The Morgan fingerprint density at radius 2 is 1.89 bits per heavy atom. The van der Waals surface area contributed by atoms with Gasteiger partial charge in [0, 0.05) is 25.9 Å². The lowest BCUT2D eigenvalue weighted by atomic mass is 9.82. The minimum absolute atomic E-state index is 0.0788. The van der Waals surface area contributed by atoms with E-state index in [2.05, 4.69) is 9.97 Å². The summed E-state index contributed by atoms with van der Waals surface area (Å²) in [5, 5.41) is 11.4. The molecule has 1 spiro atoms. The van der Waals surface area contributed by atoms with Crippen LogP contribution in [0, 0.1) is 24.0 Å². The third kappa shape index (κ3) is 2.92. The topological polar surface area (TPSA) is 124 Å². The number of hydrogen-bond donors (Lipinski definition) is 1. The molecule has 4 rings (SSSR count). The lowest BCUT2D eigenvalue weighted by Crippen LogP contribution is -2.51. The number of benzene rings is 1. The van der Waals surface area contributed by atoms with Gasteiger partial charge in [0.1, 0.15) is 17.7 Å². The number of fused-ring (bicyclic) bond motifs is 1. The van der Waals surface area contributed by atoms with Crippen molar-refractivity contribution in [3.05, 3.63) is 45.3 Å². The van der Waals surface area contributed by atoms with Crippen molar-refractivity contribution >= 4 is 23.1 Å². The number of anilines is 2. The van der Waals surface area contributed by atoms with E-state index in [1.165, 1.54) is 6.33 Å². The third-order valence-electron chi connectivity index (χ3n) is 5.69. The second kappa shape index (κ2) is 6.43. The molecule has 2 N–H and O–H groups in total. The number of nitro groups is 1. The number of aromatic nitrogens is 2. The van der Waals surface area contributed by atoms with Gasteiger partial charge in [-0.3, -0.25) is 14.9 Å². The van der Waals surface area contributed by atoms with Crippen LogP contribution in [0.4, 0.5) is 17.3 Å². The number of rotatable bonds is 2. The largest absolute Gasteiger partial charge is 0.486 e. The first-order valence-electron chi connectivity index (χ1n) is 9.13. The van der Waals surface area contributed by atoms with E-state index in [4.69, 9.17) is 10.5 Å². The molecule has 0 radical (unpaired) electrons. The number of Topliss-reactive ketones (excluding diaryl/α,β-unsaturated/α-hetero) is 1. The van der Waals surface area contributed by atoms with Gasteiger partial charge in [-0.1, -0.05) is 0 Å². The summed E-state index contributed by atoms with van der Waals surface area (Å²) in [6.07, 6.45) is 2.66. The number of carbonyl (C=O) groups is 1. The highest BCUT2D eigenvalue weighted by atomic mass is 16.6. The molecule has 1 fully saturated rings. The monoisotopic (exact) mass is 383 g/mol. The number of nitrogens with zero attached hydrogens (tertiary/aromatic N) is 4. The van der Waals surface area contributed by atoms with Crippen LogP contribution in [0.5, 0.6) is 5.75 Å². The van der Waals surface area contributed by atoms with Crippen molar-refractivity contribution in [1.82, 2.24) is 9.97 Å². The van der Waals surface area contributed by atoms with Crippen molar-refractivity contribution in [2.75, 3.05) is 23.7 Å². The van der Waals surface area contributed by atoms with Crippen molar-refractivity contribution < 1.29 is 14.5 Å². The summed E-state index contributed by atoms with van der Waals surface area (Å²) in [6.45, 7) is 4.92. The maximum Gasteiger partial charge on any atom is 0.353 e. The van der Waals surface area contributed by atoms with Gasteiger partial charge < -0.3 is 15.4 Å². The zero-order chi connectivity index (χ0) is 20.1. The highest BCUT2D eigenvalue weighted by Gasteiger charge is 2.44. The molecule has 3 heterocycles. The van der Waals surface area contributed by atoms with Gasteiger partial charge in [-0.2, -0.15) is 0 Å².